The molecule has 2 aromatic rings. The number of hydrogen-bond donors (Lipinski definition) is 2. The van der Waals surface area contributed by atoms with Crippen LogP contribution in [0.25, 0.3) is 11.5 Å². The zero-order valence-corrected chi connectivity index (χ0v) is 8.98. The minimum absolute atomic E-state index is 0.268. The van der Waals surface area contributed by atoms with Gasteiger partial charge in [0.2, 0.25) is 0 Å². The number of H-pyrrole nitrogens is 1. The van der Waals surface area contributed by atoms with Crippen molar-refractivity contribution >= 4 is 0 Å². The first-order valence-electron chi connectivity index (χ1n) is 5.57. The van der Waals surface area contributed by atoms with E-state index in [0.717, 1.165) is 36.5 Å². The van der Waals surface area contributed by atoms with E-state index in [1.165, 1.54) is 5.69 Å². The van der Waals surface area contributed by atoms with Gasteiger partial charge in [0.15, 0.2) is 5.82 Å². The molecular weight excluding hydrogens is 200 g/mol. The van der Waals surface area contributed by atoms with Gasteiger partial charge in [0.25, 0.3) is 0 Å². The van der Waals surface area contributed by atoms with Crippen LogP contribution in [-0.2, 0) is 12.8 Å². The number of nitrogens with two attached hydrogens (primary N) is 1. The van der Waals surface area contributed by atoms with Crippen LogP contribution in [0.1, 0.15) is 17.8 Å². The Balaban J connectivity index is 1.99. The molecule has 0 aromatic carbocycles. The van der Waals surface area contributed by atoms with E-state index in [-0.39, 0.29) is 6.04 Å². The molecule has 82 valence electrons. The fraction of sp³-hybridized carbons (Fsp3) is 0.333. The number of aryl methyl sites for hydroxylation is 1. The molecule has 4 heteroatoms. The predicted octanol–water partition coefficient (Wildman–Crippen LogP) is 1.29. The highest BCUT2D eigenvalue weighted by atomic mass is 15.0. The lowest BCUT2D eigenvalue weighted by Gasteiger charge is -2.15. The van der Waals surface area contributed by atoms with Crippen molar-refractivity contribution in [3.05, 3.63) is 35.8 Å². The zero-order chi connectivity index (χ0) is 11.0. The van der Waals surface area contributed by atoms with Crippen molar-refractivity contribution < 1.29 is 0 Å². The standard InChI is InChI=1S/C12H14N4/c13-8-4-5-9-11(7-8)16-12(15-9)10-3-1-2-6-14-10/h1-3,6,8H,4-5,7,13H2,(H,15,16). The minimum Gasteiger partial charge on any atom is -0.340 e. The molecule has 0 radical (unpaired) electrons. The highest BCUT2D eigenvalue weighted by Crippen LogP contribution is 2.22. The SMILES string of the molecule is NC1CCc2nc(-c3ccccn3)[nH]c2C1. The van der Waals surface area contributed by atoms with Gasteiger partial charge in [0.05, 0.1) is 5.69 Å². The van der Waals surface area contributed by atoms with Crippen molar-refractivity contribution in [3.63, 3.8) is 0 Å². The van der Waals surface area contributed by atoms with Crippen LogP contribution in [0.4, 0.5) is 0 Å². The number of imidazole rings is 1. The van der Waals surface area contributed by atoms with Crippen molar-refractivity contribution in [2.75, 3.05) is 0 Å². The Labute approximate surface area is 93.9 Å². The van der Waals surface area contributed by atoms with E-state index in [0.29, 0.717) is 0 Å². The molecule has 0 fully saturated rings. The molecule has 0 amide bonds. The Hall–Kier alpha value is -1.68. The summed E-state index contributed by atoms with van der Waals surface area (Å²) in [5.41, 5.74) is 9.16. The van der Waals surface area contributed by atoms with Crippen LogP contribution in [0, 0.1) is 0 Å². The first kappa shape index (κ1) is 9.54. The number of aromatic nitrogens is 3. The maximum atomic E-state index is 5.93. The number of rotatable bonds is 1. The van der Waals surface area contributed by atoms with Gasteiger partial charge < -0.3 is 10.7 Å². The van der Waals surface area contributed by atoms with Crippen molar-refractivity contribution in [2.24, 2.45) is 5.73 Å². The topological polar surface area (TPSA) is 67.6 Å². The summed E-state index contributed by atoms with van der Waals surface area (Å²) < 4.78 is 0. The molecule has 1 aliphatic rings. The lowest BCUT2D eigenvalue weighted by molar-refractivity contribution is 0.565. The van der Waals surface area contributed by atoms with E-state index in [4.69, 9.17) is 5.73 Å². The van der Waals surface area contributed by atoms with Crippen molar-refractivity contribution in [2.45, 2.75) is 25.3 Å². The number of hydrogen-bond acceptors (Lipinski definition) is 3. The number of pyridine rings is 1. The van der Waals surface area contributed by atoms with Crippen LogP contribution in [0.2, 0.25) is 0 Å². The third kappa shape index (κ3) is 1.61. The predicted molar refractivity (Wildman–Crippen MR) is 61.8 cm³/mol. The van der Waals surface area contributed by atoms with Gasteiger partial charge in [-0.05, 0) is 25.0 Å². The number of nitrogens with zero attached hydrogens (tertiary/aromatic N) is 2. The van der Waals surface area contributed by atoms with Gasteiger partial charge in [-0.15, -0.1) is 0 Å². The Morgan fingerprint density at radius 3 is 3.12 bits per heavy atom. The summed E-state index contributed by atoms with van der Waals surface area (Å²) in [6, 6.07) is 6.10. The number of aromatic amines is 1. The molecule has 0 saturated carbocycles. The van der Waals surface area contributed by atoms with E-state index in [2.05, 4.69) is 15.0 Å². The van der Waals surface area contributed by atoms with E-state index in [1.807, 2.05) is 18.2 Å². The first-order valence-corrected chi connectivity index (χ1v) is 5.57. The molecule has 16 heavy (non-hydrogen) atoms. The lowest BCUT2D eigenvalue weighted by atomic mass is 9.97. The fourth-order valence-electron chi connectivity index (χ4n) is 2.13. The average Bonchev–Trinajstić information content (AvgIpc) is 2.73. The van der Waals surface area contributed by atoms with Crippen LogP contribution < -0.4 is 5.73 Å². The van der Waals surface area contributed by atoms with Gasteiger partial charge in [-0.25, -0.2) is 4.98 Å². The molecule has 1 atom stereocenters. The maximum Gasteiger partial charge on any atom is 0.156 e. The molecule has 0 spiro atoms. The van der Waals surface area contributed by atoms with Crippen LogP contribution in [-0.4, -0.2) is 21.0 Å². The molecule has 3 N–H and O–H groups in total. The highest BCUT2D eigenvalue weighted by Gasteiger charge is 2.19. The Kier molecular flexibility index (Phi) is 2.22. The Morgan fingerprint density at radius 2 is 2.31 bits per heavy atom. The van der Waals surface area contributed by atoms with Gasteiger partial charge in [0, 0.05) is 24.4 Å². The van der Waals surface area contributed by atoms with E-state index >= 15 is 0 Å². The summed E-state index contributed by atoms with van der Waals surface area (Å²) in [5.74, 6) is 0.861. The summed E-state index contributed by atoms with van der Waals surface area (Å²) in [4.78, 5) is 12.2. The smallest absolute Gasteiger partial charge is 0.156 e. The van der Waals surface area contributed by atoms with E-state index in [9.17, 15) is 0 Å². The second kappa shape index (κ2) is 3.72. The van der Waals surface area contributed by atoms with Gasteiger partial charge in [-0.3, -0.25) is 4.98 Å². The average molecular weight is 214 g/mol. The lowest BCUT2D eigenvalue weighted by Crippen LogP contribution is -2.27. The quantitative estimate of drug-likeness (QED) is 0.751. The Morgan fingerprint density at radius 1 is 1.38 bits per heavy atom. The van der Waals surface area contributed by atoms with E-state index < -0.39 is 0 Å². The van der Waals surface area contributed by atoms with Gasteiger partial charge in [0.1, 0.15) is 5.69 Å². The van der Waals surface area contributed by atoms with E-state index in [1.54, 1.807) is 6.20 Å². The molecule has 4 nitrogen and oxygen atoms in total. The molecule has 0 bridgehead atoms. The molecule has 2 heterocycles. The van der Waals surface area contributed by atoms with Crippen LogP contribution in [0.15, 0.2) is 24.4 Å². The summed E-state index contributed by atoms with van der Waals surface area (Å²) in [5, 5.41) is 0. The number of fused-ring (bicyclic) bond motifs is 1. The summed E-state index contributed by atoms with van der Waals surface area (Å²) >= 11 is 0. The second-order valence-electron chi connectivity index (χ2n) is 4.23. The molecule has 3 rings (SSSR count). The normalized spacial score (nSPS) is 19.4. The molecule has 0 aliphatic heterocycles. The summed E-state index contributed by atoms with van der Waals surface area (Å²) in [6.07, 6.45) is 4.68. The fourth-order valence-corrected chi connectivity index (χ4v) is 2.13. The van der Waals surface area contributed by atoms with Gasteiger partial charge >= 0.3 is 0 Å². The van der Waals surface area contributed by atoms with Gasteiger partial charge in [-0.2, -0.15) is 0 Å². The summed E-state index contributed by atoms with van der Waals surface area (Å²) in [6.45, 7) is 0. The van der Waals surface area contributed by atoms with Crippen molar-refractivity contribution in [1.29, 1.82) is 0 Å². The summed E-state index contributed by atoms with van der Waals surface area (Å²) in [7, 11) is 0. The number of nitrogens with one attached hydrogen (secondary N) is 1. The maximum absolute atomic E-state index is 5.93. The molecule has 1 aliphatic carbocycles. The molecular formula is C12H14N4. The van der Waals surface area contributed by atoms with Crippen LogP contribution in [0.3, 0.4) is 0 Å². The van der Waals surface area contributed by atoms with Crippen LogP contribution >= 0.6 is 0 Å². The van der Waals surface area contributed by atoms with Crippen LogP contribution in [0.5, 0.6) is 0 Å². The minimum atomic E-state index is 0.268. The molecule has 1 unspecified atom stereocenters. The third-order valence-corrected chi connectivity index (χ3v) is 2.99. The monoisotopic (exact) mass is 214 g/mol. The largest absolute Gasteiger partial charge is 0.340 e. The molecule has 0 saturated heterocycles. The highest BCUT2D eigenvalue weighted by molar-refractivity contribution is 5.50. The Bertz CT molecular complexity index is 489. The second-order valence-corrected chi connectivity index (χ2v) is 4.23. The van der Waals surface area contributed by atoms with Crippen molar-refractivity contribution in [3.8, 4) is 11.5 Å². The van der Waals surface area contributed by atoms with Gasteiger partial charge in [-0.1, -0.05) is 6.07 Å². The third-order valence-electron chi connectivity index (χ3n) is 2.99. The first-order chi connectivity index (χ1) is 7.83. The molecule has 2 aromatic heterocycles. The van der Waals surface area contributed by atoms with Crippen molar-refractivity contribution in [1.82, 2.24) is 15.0 Å². The zero-order valence-electron chi connectivity index (χ0n) is 8.98.